The van der Waals surface area contributed by atoms with Crippen molar-refractivity contribution in [3.05, 3.63) is 68.1 Å². The minimum atomic E-state index is -0.123. The molecule has 1 aliphatic rings. The van der Waals surface area contributed by atoms with Crippen LogP contribution in [0.5, 0.6) is 0 Å². The van der Waals surface area contributed by atoms with Crippen LogP contribution in [-0.4, -0.2) is 61.0 Å². The van der Waals surface area contributed by atoms with Gasteiger partial charge in [0.25, 0.3) is 0 Å². The summed E-state index contributed by atoms with van der Waals surface area (Å²) in [6.45, 7) is 4.76. The monoisotopic (exact) mass is 570 g/mol. The van der Waals surface area contributed by atoms with E-state index in [9.17, 15) is 9.59 Å². The van der Waals surface area contributed by atoms with Crippen molar-refractivity contribution in [1.82, 2.24) is 15.1 Å². The summed E-state index contributed by atoms with van der Waals surface area (Å²) in [5.74, 6) is -0.123. The molecule has 0 bridgehead atoms. The minimum Gasteiger partial charge on any atom is -0.353 e. The van der Waals surface area contributed by atoms with Crippen LogP contribution < -0.4 is 10.6 Å². The maximum atomic E-state index is 12.5. The molecule has 2 aromatic rings. The number of urea groups is 1. The highest BCUT2D eigenvalue weighted by molar-refractivity contribution is 6.42. The Labute approximate surface area is 232 Å². The number of amides is 3. The summed E-state index contributed by atoms with van der Waals surface area (Å²) in [5, 5.41) is 7.61. The highest BCUT2D eigenvalue weighted by atomic mass is 35.5. The maximum Gasteiger partial charge on any atom is 0.321 e. The number of hydrogen-bond donors (Lipinski definition) is 2. The van der Waals surface area contributed by atoms with Gasteiger partial charge in [-0.2, -0.15) is 0 Å². The summed E-state index contributed by atoms with van der Waals surface area (Å²) >= 11 is 23.8. The van der Waals surface area contributed by atoms with Gasteiger partial charge in [-0.05, 0) is 61.4 Å². The van der Waals surface area contributed by atoms with Crippen molar-refractivity contribution in [1.29, 1.82) is 0 Å². The number of rotatable bonds is 10. The van der Waals surface area contributed by atoms with Gasteiger partial charge in [0.2, 0.25) is 5.91 Å². The third kappa shape index (κ3) is 9.49. The zero-order chi connectivity index (χ0) is 25.9. The molecule has 6 nitrogen and oxygen atoms in total. The molecule has 1 saturated heterocycles. The molecule has 0 saturated carbocycles. The maximum absolute atomic E-state index is 12.5. The van der Waals surface area contributed by atoms with E-state index in [1.165, 1.54) is 6.08 Å². The van der Waals surface area contributed by atoms with Crippen molar-refractivity contribution in [3.63, 3.8) is 0 Å². The van der Waals surface area contributed by atoms with Gasteiger partial charge in [-0.1, -0.05) is 65.3 Å². The van der Waals surface area contributed by atoms with Gasteiger partial charge in [-0.25, -0.2) is 4.79 Å². The zero-order valence-corrected chi connectivity index (χ0v) is 22.9. The summed E-state index contributed by atoms with van der Waals surface area (Å²) in [4.78, 5) is 28.7. The van der Waals surface area contributed by atoms with Crippen molar-refractivity contribution in [2.75, 3.05) is 44.6 Å². The topological polar surface area (TPSA) is 64.7 Å². The van der Waals surface area contributed by atoms with Crippen molar-refractivity contribution in [2.24, 2.45) is 0 Å². The summed E-state index contributed by atoms with van der Waals surface area (Å²) < 4.78 is 0. The second-order valence-electron chi connectivity index (χ2n) is 8.60. The van der Waals surface area contributed by atoms with Crippen LogP contribution in [0.3, 0.4) is 0 Å². The van der Waals surface area contributed by atoms with Crippen LogP contribution in [0, 0.1) is 0 Å². The summed E-state index contributed by atoms with van der Waals surface area (Å²) in [6.07, 6.45) is 7.42. The van der Waals surface area contributed by atoms with Crippen LogP contribution in [0.1, 0.15) is 31.2 Å². The number of unbranched alkanes of at least 4 members (excludes halogenated alkanes) is 3. The van der Waals surface area contributed by atoms with E-state index < -0.39 is 0 Å². The Balaban J connectivity index is 1.22. The quantitative estimate of drug-likeness (QED) is 0.242. The summed E-state index contributed by atoms with van der Waals surface area (Å²) in [6, 6.07) is 10.2. The lowest BCUT2D eigenvalue weighted by atomic mass is 10.1. The van der Waals surface area contributed by atoms with E-state index >= 15 is 0 Å². The lowest BCUT2D eigenvalue weighted by Crippen LogP contribution is -2.50. The average molecular weight is 572 g/mol. The first kappa shape index (κ1) is 28.6. The molecular formula is C26H30Cl4N4O2. The van der Waals surface area contributed by atoms with Crippen molar-refractivity contribution in [3.8, 4) is 0 Å². The minimum absolute atomic E-state index is 0.123. The normalized spacial score (nSPS) is 14.3. The zero-order valence-electron chi connectivity index (χ0n) is 19.9. The fourth-order valence-electron chi connectivity index (χ4n) is 3.82. The number of anilines is 1. The Kier molecular flexibility index (Phi) is 11.7. The van der Waals surface area contributed by atoms with Gasteiger partial charge in [0.1, 0.15) is 0 Å². The highest BCUT2D eigenvalue weighted by Crippen LogP contribution is 2.25. The molecule has 0 aromatic heterocycles. The molecule has 0 radical (unpaired) electrons. The average Bonchev–Trinajstić information content (AvgIpc) is 2.86. The fraction of sp³-hybridized carbons (Fsp3) is 0.385. The number of carbonyl (C=O) groups excluding carboxylic acids is 2. The predicted molar refractivity (Wildman–Crippen MR) is 150 cm³/mol. The van der Waals surface area contributed by atoms with E-state index in [0.717, 1.165) is 50.9 Å². The molecule has 3 amide bonds. The van der Waals surface area contributed by atoms with Crippen LogP contribution in [0.2, 0.25) is 20.1 Å². The molecule has 194 valence electrons. The van der Waals surface area contributed by atoms with Gasteiger partial charge in [0.05, 0.1) is 20.1 Å². The standard InChI is InChI=1S/C26H30Cl4N4O2/c27-21-8-5-19(17-23(21)29)6-10-25(35)31-11-3-1-2-4-12-33-13-15-34(16-14-33)26(36)32-20-7-9-22(28)24(30)18-20/h5-10,17-18H,1-4,11-16H2,(H,31,35)(H,32,36)/b10-6+. The number of halogens is 4. The van der Waals surface area contributed by atoms with Crippen molar-refractivity contribution < 1.29 is 9.59 Å². The largest absolute Gasteiger partial charge is 0.353 e. The molecule has 1 heterocycles. The van der Waals surface area contributed by atoms with E-state index in [4.69, 9.17) is 46.4 Å². The number of nitrogens with one attached hydrogen (secondary N) is 2. The SMILES string of the molecule is O=C(/C=C/c1ccc(Cl)c(Cl)c1)NCCCCCCN1CCN(C(=O)Nc2ccc(Cl)c(Cl)c2)CC1. The van der Waals surface area contributed by atoms with Gasteiger partial charge in [-0.3, -0.25) is 9.69 Å². The van der Waals surface area contributed by atoms with E-state index in [1.807, 2.05) is 11.0 Å². The molecule has 1 fully saturated rings. The Bertz CT molecular complexity index is 1070. The number of piperazine rings is 1. The summed E-state index contributed by atoms with van der Waals surface area (Å²) in [5.41, 5.74) is 1.46. The molecule has 1 aliphatic heterocycles. The van der Waals surface area contributed by atoms with Crippen LogP contribution in [-0.2, 0) is 4.79 Å². The van der Waals surface area contributed by atoms with Crippen molar-refractivity contribution >= 4 is 70.1 Å². The molecule has 0 unspecified atom stereocenters. The van der Waals surface area contributed by atoms with E-state index in [0.29, 0.717) is 45.4 Å². The molecule has 2 N–H and O–H groups in total. The first-order chi connectivity index (χ1) is 17.3. The van der Waals surface area contributed by atoms with Crippen molar-refractivity contribution in [2.45, 2.75) is 25.7 Å². The van der Waals surface area contributed by atoms with Gasteiger partial charge >= 0.3 is 6.03 Å². The fourth-order valence-corrected chi connectivity index (χ4v) is 4.43. The lowest BCUT2D eigenvalue weighted by Gasteiger charge is -2.34. The van der Waals surface area contributed by atoms with E-state index in [-0.39, 0.29) is 11.9 Å². The first-order valence-electron chi connectivity index (χ1n) is 12.0. The molecule has 36 heavy (non-hydrogen) atoms. The Morgan fingerprint density at radius 3 is 2.17 bits per heavy atom. The molecule has 3 rings (SSSR count). The molecular weight excluding hydrogens is 542 g/mol. The first-order valence-corrected chi connectivity index (χ1v) is 13.5. The Hall–Kier alpha value is -1.96. The van der Waals surface area contributed by atoms with Gasteiger partial charge < -0.3 is 15.5 Å². The summed E-state index contributed by atoms with van der Waals surface area (Å²) in [7, 11) is 0. The third-order valence-corrected chi connectivity index (χ3v) is 7.38. The molecule has 10 heteroatoms. The van der Waals surface area contributed by atoms with Gasteiger partial charge in [-0.15, -0.1) is 0 Å². The molecule has 0 spiro atoms. The molecule has 2 aromatic carbocycles. The second-order valence-corrected chi connectivity index (χ2v) is 10.2. The Morgan fingerprint density at radius 1 is 0.806 bits per heavy atom. The van der Waals surface area contributed by atoms with E-state index in [2.05, 4.69) is 15.5 Å². The van der Waals surface area contributed by atoms with Gasteiger partial charge in [0, 0.05) is 44.5 Å². The highest BCUT2D eigenvalue weighted by Gasteiger charge is 2.21. The Morgan fingerprint density at radius 2 is 1.47 bits per heavy atom. The lowest BCUT2D eigenvalue weighted by molar-refractivity contribution is -0.116. The molecule has 0 atom stereocenters. The van der Waals surface area contributed by atoms with Crippen LogP contribution >= 0.6 is 46.4 Å². The number of carbonyl (C=O) groups is 2. The smallest absolute Gasteiger partial charge is 0.321 e. The van der Waals surface area contributed by atoms with Crippen LogP contribution in [0.15, 0.2) is 42.5 Å². The van der Waals surface area contributed by atoms with E-state index in [1.54, 1.807) is 36.4 Å². The predicted octanol–water partition coefficient (Wildman–Crippen LogP) is 6.84. The van der Waals surface area contributed by atoms with Crippen LogP contribution in [0.4, 0.5) is 10.5 Å². The number of nitrogens with zero attached hydrogens (tertiary/aromatic N) is 2. The van der Waals surface area contributed by atoms with Crippen LogP contribution in [0.25, 0.3) is 6.08 Å². The second kappa shape index (κ2) is 14.7. The number of hydrogen-bond acceptors (Lipinski definition) is 3. The van der Waals surface area contributed by atoms with Gasteiger partial charge in [0.15, 0.2) is 0 Å². The molecule has 0 aliphatic carbocycles. The number of benzene rings is 2. The third-order valence-electron chi connectivity index (χ3n) is 5.90.